The van der Waals surface area contributed by atoms with Gasteiger partial charge in [0.05, 0.1) is 10.6 Å². The number of hydrogen-bond donors (Lipinski definition) is 1. The summed E-state index contributed by atoms with van der Waals surface area (Å²) in [5.74, 6) is -1.34. The molecular formula is C31H38FN3O4S2. The molecule has 1 atom stereocenters. The van der Waals surface area contributed by atoms with Gasteiger partial charge in [-0.05, 0) is 94.5 Å². The lowest BCUT2D eigenvalue weighted by molar-refractivity contribution is -0.141. The highest BCUT2D eigenvalue weighted by Gasteiger charge is 2.34. The molecule has 41 heavy (non-hydrogen) atoms. The Bertz CT molecular complexity index is 1440. The van der Waals surface area contributed by atoms with Crippen LogP contribution in [-0.2, 0) is 26.2 Å². The number of nitrogens with one attached hydrogen (secondary N) is 1. The minimum absolute atomic E-state index is 0.000607. The van der Waals surface area contributed by atoms with Crippen LogP contribution >= 0.6 is 11.8 Å². The third kappa shape index (κ3) is 8.56. The van der Waals surface area contributed by atoms with Gasteiger partial charge in [-0.25, -0.2) is 12.8 Å². The number of halogens is 1. The Balaban J connectivity index is 2.06. The number of carbonyl (C=O) groups excluding carboxylic acids is 2. The first-order valence-electron chi connectivity index (χ1n) is 13.3. The summed E-state index contributed by atoms with van der Waals surface area (Å²) in [6, 6.07) is 18.1. The lowest BCUT2D eigenvalue weighted by Crippen LogP contribution is -2.55. The number of rotatable bonds is 11. The first-order chi connectivity index (χ1) is 19.2. The molecule has 0 aliphatic rings. The molecule has 10 heteroatoms. The molecule has 3 rings (SSSR count). The van der Waals surface area contributed by atoms with Crippen LogP contribution in [0.5, 0.6) is 0 Å². The minimum Gasteiger partial charge on any atom is -0.350 e. The van der Waals surface area contributed by atoms with E-state index in [0.717, 1.165) is 14.8 Å². The smallest absolute Gasteiger partial charge is 0.264 e. The molecule has 0 bridgehead atoms. The van der Waals surface area contributed by atoms with E-state index < -0.39 is 39.9 Å². The largest absolute Gasteiger partial charge is 0.350 e. The fourth-order valence-corrected chi connectivity index (χ4v) is 6.10. The van der Waals surface area contributed by atoms with Crippen molar-refractivity contribution in [2.75, 3.05) is 17.1 Å². The maximum absolute atomic E-state index is 14.1. The van der Waals surface area contributed by atoms with E-state index >= 15 is 0 Å². The topological polar surface area (TPSA) is 86.8 Å². The van der Waals surface area contributed by atoms with Crippen molar-refractivity contribution in [2.45, 2.75) is 69.0 Å². The van der Waals surface area contributed by atoms with Gasteiger partial charge in [0, 0.05) is 17.0 Å². The van der Waals surface area contributed by atoms with Crippen molar-refractivity contribution in [3.05, 3.63) is 89.7 Å². The van der Waals surface area contributed by atoms with Gasteiger partial charge in [0.15, 0.2) is 0 Å². The SMILES string of the molecule is CC[C@@H](C(=O)NC(C)(C)C)N(Cc1ccc(F)cc1)C(=O)CN(c1ccc(C)cc1)S(=O)(=O)c1ccc(SC)cc1. The maximum Gasteiger partial charge on any atom is 0.264 e. The zero-order valence-electron chi connectivity index (χ0n) is 24.3. The number of carbonyl (C=O) groups is 2. The fraction of sp³-hybridized carbons (Fsp3) is 0.355. The van der Waals surface area contributed by atoms with E-state index in [4.69, 9.17) is 0 Å². The average molecular weight is 600 g/mol. The van der Waals surface area contributed by atoms with Gasteiger partial charge in [0.2, 0.25) is 11.8 Å². The molecule has 220 valence electrons. The van der Waals surface area contributed by atoms with Crippen LogP contribution in [0.4, 0.5) is 10.1 Å². The predicted octanol–water partition coefficient (Wildman–Crippen LogP) is 5.77. The lowest BCUT2D eigenvalue weighted by atomic mass is 10.1. The second-order valence-corrected chi connectivity index (χ2v) is 13.6. The summed E-state index contributed by atoms with van der Waals surface area (Å²) in [5.41, 5.74) is 1.32. The van der Waals surface area contributed by atoms with Crippen LogP contribution in [0.25, 0.3) is 0 Å². The highest BCUT2D eigenvalue weighted by Crippen LogP contribution is 2.27. The van der Waals surface area contributed by atoms with E-state index in [1.807, 2.05) is 34.0 Å². The molecule has 0 unspecified atom stereocenters. The second-order valence-electron chi connectivity index (χ2n) is 10.8. The van der Waals surface area contributed by atoms with E-state index in [0.29, 0.717) is 17.7 Å². The Hall–Kier alpha value is -3.37. The van der Waals surface area contributed by atoms with Gasteiger partial charge in [-0.15, -0.1) is 11.8 Å². The Morgan fingerprint density at radius 1 is 0.951 bits per heavy atom. The lowest BCUT2D eigenvalue weighted by Gasteiger charge is -2.34. The molecule has 0 aliphatic heterocycles. The number of aryl methyl sites for hydroxylation is 1. The molecule has 0 fully saturated rings. The van der Waals surface area contributed by atoms with Crippen molar-refractivity contribution < 1.29 is 22.4 Å². The van der Waals surface area contributed by atoms with Gasteiger partial charge in [-0.2, -0.15) is 0 Å². The summed E-state index contributed by atoms with van der Waals surface area (Å²) in [6.07, 6.45) is 2.19. The molecule has 0 saturated carbocycles. The summed E-state index contributed by atoms with van der Waals surface area (Å²) in [5, 5.41) is 2.93. The number of sulfonamides is 1. The zero-order valence-corrected chi connectivity index (χ0v) is 26.0. The van der Waals surface area contributed by atoms with E-state index in [9.17, 15) is 22.4 Å². The van der Waals surface area contributed by atoms with Crippen molar-refractivity contribution in [1.29, 1.82) is 0 Å². The van der Waals surface area contributed by atoms with Crippen LogP contribution in [0.1, 0.15) is 45.2 Å². The minimum atomic E-state index is -4.15. The molecule has 1 N–H and O–H groups in total. The fourth-order valence-electron chi connectivity index (χ4n) is 4.27. The molecule has 0 spiro atoms. The number of benzene rings is 3. The van der Waals surface area contributed by atoms with Crippen molar-refractivity contribution in [3.8, 4) is 0 Å². The third-order valence-electron chi connectivity index (χ3n) is 6.40. The van der Waals surface area contributed by atoms with E-state index in [2.05, 4.69) is 5.32 Å². The number of thioether (sulfide) groups is 1. The molecule has 0 saturated heterocycles. The molecule has 2 amide bonds. The molecule has 7 nitrogen and oxygen atoms in total. The standard InChI is InChI=1S/C31H38FN3O4S2/c1-7-28(30(37)33-31(3,4)5)34(20-23-10-12-24(32)13-11-23)29(36)21-35(25-14-8-22(2)9-15-25)41(38,39)27-18-16-26(40-6)17-19-27/h8-19,28H,7,20-21H2,1-6H3,(H,33,37)/t28-/m0/s1. The van der Waals surface area contributed by atoms with Crippen LogP contribution in [0.2, 0.25) is 0 Å². The summed E-state index contributed by atoms with van der Waals surface area (Å²) in [4.78, 5) is 29.8. The molecular weight excluding hydrogens is 561 g/mol. The summed E-state index contributed by atoms with van der Waals surface area (Å²) in [7, 11) is -4.15. The van der Waals surface area contributed by atoms with Gasteiger partial charge < -0.3 is 10.2 Å². The molecule has 3 aromatic carbocycles. The van der Waals surface area contributed by atoms with Crippen molar-refractivity contribution in [2.24, 2.45) is 0 Å². The highest BCUT2D eigenvalue weighted by molar-refractivity contribution is 7.98. The van der Waals surface area contributed by atoms with Gasteiger partial charge in [-0.3, -0.25) is 13.9 Å². The van der Waals surface area contributed by atoms with Crippen molar-refractivity contribution in [1.82, 2.24) is 10.2 Å². The third-order valence-corrected chi connectivity index (χ3v) is 8.93. The average Bonchev–Trinajstić information content (AvgIpc) is 2.92. The Labute approximate surface area is 247 Å². The summed E-state index contributed by atoms with van der Waals surface area (Å²) >= 11 is 1.49. The highest BCUT2D eigenvalue weighted by atomic mass is 32.2. The van der Waals surface area contributed by atoms with E-state index in [-0.39, 0.29) is 17.3 Å². The zero-order chi connectivity index (χ0) is 30.4. The number of amides is 2. The van der Waals surface area contributed by atoms with E-state index in [1.54, 1.807) is 55.5 Å². The molecule has 0 heterocycles. The second kappa shape index (κ2) is 13.5. The normalized spacial score (nSPS) is 12.5. The molecule has 0 aliphatic carbocycles. The monoisotopic (exact) mass is 599 g/mol. The predicted molar refractivity (Wildman–Crippen MR) is 163 cm³/mol. The van der Waals surface area contributed by atoms with Crippen LogP contribution < -0.4 is 9.62 Å². The summed E-state index contributed by atoms with van der Waals surface area (Å²) < 4.78 is 42.6. The van der Waals surface area contributed by atoms with Crippen LogP contribution in [-0.4, -0.2) is 49.5 Å². The van der Waals surface area contributed by atoms with Crippen LogP contribution in [0.15, 0.2) is 82.6 Å². The Kier molecular flexibility index (Phi) is 10.6. The number of nitrogens with zero attached hydrogens (tertiary/aromatic N) is 2. The Morgan fingerprint density at radius 2 is 1.54 bits per heavy atom. The molecule has 0 radical (unpaired) electrons. The van der Waals surface area contributed by atoms with Crippen molar-refractivity contribution in [3.63, 3.8) is 0 Å². The number of hydrogen-bond acceptors (Lipinski definition) is 5. The van der Waals surface area contributed by atoms with Gasteiger partial charge >= 0.3 is 0 Å². The van der Waals surface area contributed by atoms with Crippen LogP contribution in [0.3, 0.4) is 0 Å². The first-order valence-corrected chi connectivity index (χ1v) is 16.0. The van der Waals surface area contributed by atoms with Gasteiger partial charge in [0.25, 0.3) is 10.0 Å². The van der Waals surface area contributed by atoms with Crippen molar-refractivity contribution >= 4 is 39.3 Å². The van der Waals surface area contributed by atoms with Crippen LogP contribution in [0, 0.1) is 12.7 Å². The van der Waals surface area contributed by atoms with Gasteiger partial charge in [0.1, 0.15) is 18.4 Å². The molecule has 0 aromatic heterocycles. The van der Waals surface area contributed by atoms with E-state index in [1.165, 1.54) is 40.9 Å². The molecule has 3 aromatic rings. The first kappa shape index (κ1) is 32.1. The maximum atomic E-state index is 14.1. The quantitative estimate of drug-likeness (QED) is 0.283. The summed E-state index contributed by atoms with van der Waals surface area (Å²) in [6.45, 7) is 8.68. The Morgan fingerprint density at radius 3 is 2.05 bits per heavy atom. The number of anilines is 1. The van der Waals surface area contributed by atoms with Gasteiger partial charge in [-0.1, -0.05) is 36.8 Å².